The van der Waals surface area contributed by atoms with Crippen molar-refractivity contribution in [2.45, 2.75) is 27.3 Å². The average molecular weight is 356 g/mol. The second kappa shape index (κ2) is 6.09. The molecule has 3 aromatic rings. The van der Waals surface area contributed by atoms with Crippen molar-refractivity contribution in [1.29, 1.82) is 0 Å². The summed E-state index contributed by atoms with van der Waals surface area (Å²) in [7, 11) is 0. The van der Waals surface area contributed by atoms with Gasteiger partial charge in [0.25, 0.3) is 0 Å². The first-order valence-electron chi connectivity index (χ1n) is 7.43. The molecular weight excluding hydrogens is 336 g/mol. The fourth-order valence-corrected chi connectivity index (χ4v) is 3.43. The normalized spacial score (nSPS) is 10.9. The third-order valence-electron chi connectivity index (χ3n) is 3.90. The van der Waals surface area contributed by atoms with Crippen molar-refractivity contribution >= 4 is 15.9 Å². The number of halogens is 1. The molecule has 1 heterocycles. The molecule has 0 fully saturated rings. The molecule has 0 aliphatic rings. The summed E-state index contributed by atoms with van der Waals surface area (Å²) in [4.78, 5) is 0. The minimum atomic E-state index is 0.860. The molecule has 0 saturated heterocycles. The Morgan fingerprint density at radius 1 is 1.05 bits per heavy atom. The van der Waals surface area contributed by atoms with Crippen molar-refractivity contribution in [3.05, 3.63) is 81.8 Å². The molecule has 0 bridgehead atoms. The predicted octanol–water partition coefficient (Wildman–Crippen LogP) is 4.50. The summed E-state index contributed by atoms with van der Waals surface area (Å²) < 4.78 is 5.57. The number of aromatic nitrogens is 2. The Morgan fingerprint density at radius 2 is 1.73 bits per heavy atom. The lowest BCUT2D eigenvalue weighted by molar-refractivity contribution is -0.687. The zero-order chi connectivity index (χ0) is 15.7. The molecule has 0 spiro atoms. The van der Waals surface area contributed by atoms with E-state index in [0.717, 1.165) is 11.0 Å². The largest absolute Gasteiger partial charge is 0.249 e. The number of rotatable bonds is 3. The third-order valence-corrected chi connectivity index (χ3v) is 4.67. The number of imidazole rings is 1. The second-order valence-corrected chi connectivity index (χ2v) is 6.69. The highest BCUT2D eigenvalue weighted by molar-refractivity contribution is 9.10. The molecule has 112 valence electrons. The van der Waals surface area contributed by atoms with E-state index in [9.17, 15) is 0 Å². The fourth-order valence-electron chi connectivity index (χ4n) is 3.02. The molecule has 3 heteroatoms. The van der Waals surface area contributed by atoms with Crippen molar-refractivity contribution in [3.8, 4) is 5.69 Å². The molecule has 0 radical (unpaired) electrons. The van der Waals surface area contributed by atoms with Crippen molar-refractivity contribution in [2.75, 3.05) is 0 Å². The molecule has 0 unspecified atom stereocenters. The molecule has 0 amide bonds. The molecule has 0 aliphatic carbocycles. The monoisotopic (exact) mass is 355 g/mol. The van der Waals surface area contributed by atoms with Crippen LogP contribution < -0.4 is 4.57 Å². The Hall–Kier alpha value is -1.87. The van der Waals surface area contributed by atoms with Gasteiger partial charge >= 0.3 is 0 Å². The van der Waals surface area contributed by atoms with Gasteiger partial charge in [-0.25, -0.2) is 9.13 Å². The van der Waals surface area contributed by atoms with Crippen LogP contribution in [0.3, 0.4) is 0 Å². The Balaban J connectivity index is 1.93. The number of hydrogen-bond acceptors (Lipinski definition) is 0. The van der Waals surface area contributed by atoms with E-state index in [1.54, 1.807) is 0 Å². The summed E-state index contributed by atoms with van der Waals surface area (Å²) in [6, 6.07) is 12.8. The lowest BCUT2D eigenvalue weighted by Gasteiger charge is -2.07. The lowest BCUT2D eigenvalue weighted by atomic mass is 10.1. The van der Waals surface area contributed by atoms with Crippen molar-refractivity contribution < 1.29 is 4.57 Å². The highest BCUT2D eigenvalue weighted by Crippen LogP contribution is 2.20. The van der Waals surface area contributed by atoms with E-state index in [2.05, 4.69) is 94.9 Å². The van der Waals surface area contributed by atoms with E-state index >= 15 is 0 Å². The van der Waals surface area contributed by atoms with Crippen molar-refractivity contribution in [3.63, 3.8) is 0 Å². The number of aryl methyl sites for hydroxylation is 3. The standard InChI is InChI=1S/C19H20BrN2/c1-14-10-15(2)19(16(3)11-14)22-9-8-21(13-22)12-17-6-4-5-7-18(17)20/h4-11,13H,12H2,1-3H3/q+1. The number of nitrogens with zero attached hydrogens (tertiary/aromatic N) is 2. The third kappa shape index (κ3) is 3.00. The smallest absolute Gasteiger partial charge is 0.232 e. The van der Waals surface area contributed by atoms with Gasteiger partial charge in [-0.1, -0.05) is 51.8 Å². The maximum Gasteiger partial charge on any atom is 0.249 e. The Kier molecular flexibility index (Phi) is 4.16. The highest BCUT2D eigenvalue weighted by atomic mass is 79.9. The first kappa shape index (κ1) is 15.0. The van der Waals surface area contributed by atoms with Gasteiger partial charge in [-0.15, -0.1) is 0 Å². The van der Waals surface area contributed by atoms with Crippen LogP contribution in [0.5, 0.6) is 0 Å². The number of benzene rings is 2. The van der Waals surface area contributed by atoms with E-state index in [1.165, 1.54) is 27.9 Å². The maximum absolute atomic E-state index is 3.62. The lowest BCUT2D eigenvalue weighted by Crippen LogP contribution is -2.31. The molecular formula is C19H20BrN2+. The van der Waals surface area contributed by atoms with Gasteiger partial charge in [-0.05, 0) is 38.0 Å². The van der Waals surface area contributed by atoms with E-state index in [0.29, 0.717) is 0 Å². The van der Waals surface area contributed by atoms with Crippen LogP contribution in [0, 0.1) is 20.8 Å². The average Bonchev–Trinajstić information content (AvgIpc) is 2.88. The van der Waals surface area contributed by atoms with Gasteiger partial charge in [0.2, 0.25) is 6.33 Å². The molecule has 0 atom stereocenters. The quantitative estimate of drug-likeness (QED) is 0.611. The van der Waals surface area contributed by atoms with Crippen LogP contribution in [0.4, 0.5) is 0 Å². The molecule has 1 aromatic heterocycles. The van der Waals surface area contributed by atoms with Crippen molar-refractivity contribution in [1.82, 2.24) is 4.57 Å². The molecule has 0 saturated carbocycles. The zero-order valence-electron chi connectivity index (χ0n) is 13.2. The van der Waals surface area contributed by atoms with E-state index in [1.807, 2.05) is 6.07 Å². The van der Waals surface area contributed by atoms with E-state index in [-0.39, 0.29) is 0 Å². The molecule has 0 N–H and O–H groups in total. The summed E-state index contributed by atoms with van der Waals surface area (Å²) in [5.74, 6) is 0. The minimum Gasteiger partial charge on any atom is -0.232 e. The van der Waals surface area contributed by atoms with Crippen LogP contribution in [0.2, 0.25) is 0 Å². The van der Waals surface area contributed by atoms with Crippen LogP contribution in [-0.2, 0) is 6.54 Å². The van der Waals surface area contributed by atoms with Crippen LogP contribution in [0.25, 0.3) is 5.69 Å². The van der Waals surface area contributed by atoms with Gasteiger partial charge in [-0.2, -0.15) is 0 Å². The van der Waals surface area contributed by atoms with Crippen LogP contribution in [-0.4, -0.2) is 4.57 Å². The highest BCUT2D eigenvalue weighted by Gasteiger charge is 2.13. The fraction of sp³-hybridized carbons (Fsp3) is 0.211. The topological polar surface area (TPSA) is 8.81 Å². The SMILES string of the molecule is Cc1cc(C)c(-n2cc[n+](Cc3ccccc3Br)c2)c(C)c1. The first-order valence-corrected chi connectivity index (χ1v) is 8.22. The van der Waals surface area contributed by atoms with Crippen molar-refractivity contribution in [2.24, 2.45) is 0 Å². The van der Waals surface area contributed by atoms with Crippen LogP contribution in [0.15, 0.2) is 59.6 Å². The summed E-state index contributed by atoms with van der Waals surface area (Å²) in [5, 5.41) is 0. The summed E-state index contributed by atoms with van der Waals surface area (Å²) in [6.07, 6.45) is 6.41. The molecule has 3 rings (SSSR count). The Labute approximate surface area is 140 Å². The van der Waals surface area contributed by atoms with Gasteiger partial charge in [-0.3, -0.25) is 0 Å². The molecule has 2 nitrogen and oxygen atoms in total. The van der Waals surface area contributed by atoms with Crippen LogP contribution >= 0.6 is 15.9 Å². The van der Waals surface area contributed by atoms with Gasteiger partial charge in [0, 0.05) is 10.0 Å². The summed E-state index contributed by atoms with van der Waals surface area (Å²) in [5.41, 5.74) is 6.48. The molecule has 2 aromatic carbocycles. The van der Waals surface area contributed by atoms with Gasteiger partial charge in [0.15, 0.2) is 0 Å². The Morgan fingerprint density at radius 3 is 2.41 bits per heavy atom. The first-order chi connectivity index (χ1) is 10.5. The van der Waals surface area contributed by atoms with Gasteiger partial charge in [0.05, 0.1) is 0 Å². The summed E-state index contributed by atoms with van der Waals surface area (Å²) in [6.45, 7) is 7.35. The van der Waals surface area contributed by atoms with Crippen LogP contribution in [0.1, 0.15) is 22.3 Å². The molecule has 22 heavy (non-hydrogen) atoms. The number of hydrogen-bond donors (Lipinski definition) is 0. The predicted molar refractivity (Wildman–Crippen MR) is 93.4 cm³/mol. The van der Waals surface area contributed by atoms with Gasteiger partial charge < -0.3 is 0 Å². The maximum atomic E-state index is 3.62. The Bertz CT molecular complexity index is 795. The van der Waals surface area contributed by atoms with Gasteiger partial charge in [0.1, 0.15) is 24.6 Å². The molecule has 0 aliphatic heterocycles. The zero-order valence-corrected chi connectivity index (χ0v) is 14.8. The summed E-state index contributed by atoms with van der Waals surface area (Å²) >= 11 is 3.62. The van der Waals surface area contributed by atoms with E-state index < -0.39 is 0 Å². The second-order valence-electron chi connectivity index (χ2n) is 5.83. The minimum absolute atomic E-state index is 0.860. The van der Waals surface area contributed by atoms with E-state index in [4.69, 9.17) is 0 Å².